The van der Waals surface area contributed by atoms with Gasteiger partial charge in [0, 0.05) is 5.69 Å². The zero-order chi connectivity index (χ0) is 9.26. The van der Waals surface area contributed by atoms with E-state index in [4.69, 9.17) is 5.26 Å². The van der Waals surface area contributed by atoms with Crippen LogP contribution in [-0.2, 0) is 6.42 Å². The van der Waals surface area contributed by atoms with Crippen molar-refractivity contribution < 1.29 is 5.11 Å². The molecule has 3 heteroatoms. The molecule has 0 aromatic heterocycles. The molecule has 1 aromatic carbocycles. The topological polar surface area (TPSA) is 56.0 Å². The van der Waals surface area contributed by atoms with Gasteiger partial charge in [0.15, 0.2) is 6.10 Å². The fourth-order valence-electron chi connectivity index (χ4n) is 1.61. The highest BCUT2D eigenvalue weighted by Crippen LogP contribution is 2.26. The summed E-state index contributed by atoms with van der Waals surface area (Å²) in [6.45, 7) is 0. The first-order valence-corrected chi connectivity index (χ1v) is 4.23. The molecule has 13 heavy (non-hydrogen) atoms. The molecule has 0 bridgehead atoms. The SMILES string of the molecule is N#CC(O)[C@@H]1Cc2ccccc2N1. The van der Waals surface area contributed by atoms with E-state index in [0.29, 0.717) is 0 Å². The van der Waals surface area contributed by atoms with Crippen molar-refractivity contribution in [2.24, 2.45) is 0 Å². The Morgan fingerprint density at radius 3 is 3.00 bits per heavy atom. The van der Waals surface area contributed by atoms with E-state index in [2.05, 4.69) is 5.32 Å². The summed E-state index contributed by atoms with van der Waals surface area (Å²) in [7, 11) is 0. The second kappa shape index (κ2) is 3.08. The van der Waals surface area contributed by atoms with E-state index in [0.717, 1.165) is 12.1 Å². The van der Waals surface area contributed by atoms with Gasteiger partial charge in [-0.15, -0.1) is 0 Å². The molecule has 1 heterocycles. The first-order chi connectivity index (χ1) is 6.31. The molecule has 1 unspecified atom stereocenters. The minimum atomic E-state index is -0.924. The molecule has 3 nitrogen and oxygen atoms in total. The second-order valence-electron chi connectivity index (χ2n) is 3.19. The molecule has 2 rings (SSSR count). The highest BCUT2D eigenvalue weighted by atomic mass is 16.3. The van der Waals surface area contributed by atoms with Gasteiger partial charge in [0.25, 0.3) is 0 Å². The third kappa shape index (κ3) is 1.36. The summed E-state index contributed by atoms with van der Waals surface area (Å²) in [5.41, 5.74) is 2.20. The predicted molar refractivity (Wildman–Crippen MR) is 49.2 cm³/mol. The summed E-state index contributed by atoms with van der Waals surface area (Å²) in [4.78, 5) is 0. The summed E-state index contributed by atoms with van der Waals surface area (Å²) in [5, 5.41) is 21.0. The number of hydrogen-bond donors (Lipinski definition) is 2. The van der Waals surface area contributed by atoms with Gasteiger partial charge in [0.2, 0.25) is 0 Å². The molecule has 0 radical (unpaired) electrons. The fourth-order valence-corrected chi connectivity index (χ4v) is 1.61. The van der Waals surface area contributed by atoms with Gasteiger partial charge in [0.1, 0.15) is 0 Å². The Morgan fingerprint density at radius 1 is 1.54 bits per heavy atom. The lowest BCUT2D eigenvalue weighted by molar-refractivity contribution is 0.208. The molecule has 2 atom stereocenters. The number of hydrogen-bond acceptors (Lipinski definition) is 3. The van der Waals surface area contributed by atoms with Crippen LogP contribution in [0.4, 0.5) is 5.69 Å². The largest absolute Gasteiger partial charge is 0.378 e. The van der Waals surface area contributed by atoms with Crippen LogP contribution >= 0.6 is 0 Å². The quantitative estimate of drug-likeness (QED) is 0.622. The van der Waals surface area contributed by atoms with Gasteiger partial charge < -0.3 is 10.4 Å². The molecule has 0 fully saturated rings. The zero-order valence-electron chi connectivity index (χ0n) is 7.07. The molecule has 1 aliphatic heterocycles. The molecule has 0 spiro atoms. The minimum absolute atomic E-state index is 0.151. The molecule has 1 aliphatic rings. The van der Waals surface area contributed by atoms with E-state index in [1.54, 1.807) is 0 Å². The van der Waals surface area contributed by atoms with Crippen LogP contribution in [0.15, 0.2) is 24.3 Å². The number of aliphatic hydroxyl groups excluding tert-OH is 1. The Hall–Kier alpha value is -1.53. The number of nitrogens with one attached hydrogen (secondary N) is 1. The molecule has 0 saturated carbocycles. The fraction of sp³-hybridized carbons (Fsp3) is 0.300. The third-order valence-electron chi connectivity index (χ3n) is 2.31. The second-order valence-corrected chi connectivity index (χ2v) is 3.19. The van der Waals surface area contributed by atoms with Gasteiger partial charge in [0.05, 0.1) is 12.1 Å². The Balaban J connectivity index is 2.19. The van der Waals surface area contributed by atoms with Crippen LogP contribution in [0, 0.1) is 11.3 Å². The van der Waals surface area contributed by atoms with Crippen LogP contribution in [0.25, 0.3) is 0 Å². The summed E-state index contributed by atoms with van der Waals surface area (Å²) < 4.78 is 0. The summed E-state index contributed by atoms with van der Waals surface area (Å²) in [5.74, 6) is 0. The average Bonchev–Trinajstić information content (AvgIpc) is 2.59. The van der Waals surface area contributed by atoms with Crippen molar-refractivity contribution in [3.05, 3.63) is 29.8 Å². The van der Waals surface area contributed by atoms with Crippen molar-refractivity contribution >= 4 is 5.69 Å². The third-order valence-corrected chi connectivity index (χ3v) is 2.31. The molecule has 2 N–H and O–H groups in total. The Morgan fingerprint density at radius 2 is 2.31 bits per heavy atom. The van der Waals surface area contributed by atoms with Gasteiger partial charge in [-0.1, -0.05) is 18.2 Å². The monoisotopic (exact) mass is 174 g/mol. The molecule has 0 amide bonds. The van der Waals surface area contributed by atoms with Gasteiger partial charge in [-0.25, -0.2) is 0 Å². The molecule has 1 aromatic rings. The number of benzene rings is 1. The lowest BCUT2D eigenvalue weighted by Crippen LogP contribution is -2.30. The molecular weight excluding hydrogens is 164 g/mol. The van der Waals surface area contributed by atoms with E-state index < -0.39 is 6.10 Å². The zero-order valence-corrected chi connectivity index (χ0v) is 7.07. The van der Waals surface area contributed by atoms with E-state index in [-0.39, 0.29) is 6.04 Å². The Kier molecular flexibility index (Phi) is 1.91. The van der Waals surface area contributed by atoms with E-state index in [1.165, 1.54) is 5.56 Å². The maximum atomic E-state index is 9.31. The number of para-hydroxylation sites is 1. The van der Waals surface area contributed by atoms with Gasteiger partial charge in [-0.3, -0.25) is 0 Å². The standard InChI is InChI=1S/C10H10N2O/c11-6-10(13)9-5-7-3-1-2-4-8(7)12-9/h1-4,9-10,12-13H,5H2/t9-,10?/m0/s1. The lowest BCUT2D eigenvalue weighted by Gasteiger charge is -2.11. The highest BCUT2D eigenvalue weighted by molar-refractivity contribution is 5.57. The Bertz CT molecular complexity index is 331. The first-order valence-electron chi connectivity index (χ1n) is 4.23. The predicted octanol–water partition coefficient (Wildman–Crippen LogP) is 0.908. The maximum Gasteiger partial charge on any atom is 0.160 e. The minimum Gasteiger partial charge on any atom is -0.378 e. The van der Waals surface area contributed by atoms with Crippen molar-refractivity contribution in [3.8, 4) is 6.07 Å². The van der Waals surface area contributed by atoms with Gasteiger partial charge >= 0.3 is 0 Å². The molecule has 0 aliphatic carbocycles. The summed E-state index contributed by atoms with van der Waals surface area (Å²) in [6.07, 6.45) is -0.197. The lowest BCUT2D eigenvalue weighted by atomic mass is 10.1. The van der Waals surface area contributed by atoms with Crippen LogP contribution in [0.2, 0.25) is 0 Å². The van der Waals surface area contributed by atoms with Gasteiger partial charge in [-0.2, -0.15) is 5.26 Å². The highest BCUT2D eigenvalue weighted by Gasteiger charge is 2.25. The van der Waals surface area contributed by atoms with E-state index >= 15 is 0 Å². The summed E-state index contributed by atoms with van der Waals surface area (Å²) >= 11 is 0. The van der Waals surface area contributed by atoms with Crippen molar-refractivity contribution in [2.45, 2.75) is 18.6 Å². The number of nitrogens with zero attached hydrogens (tertiary/aromatic N) is 1. The number of fused-ring (bicyclic) bond motifs is 1. The van der Waals surface area contributed by atoms with Crippen LogP contribution < -0.4 is 5.32 Å². The molecule has 0 saturated heterocycles. The van der Waals surface area contributed by atoms with E-state index in [9.17, 15) is 5.11 Å². The summed E-state index contributed by atoms with van der Waals surface area (Å²) in [6, 6.07) is 9.55. The van der Waals surface area contributed by atoms with Crippen molar-refractivity contribution in [2.75, 3.05) is 5.32 Å². The molecule has 66 valence electrons. The number of nitriles is 1. The number of rotatable bonds is 1. The van der Waals surface area contributed by atoms with Crippen molar-refractivity contribution in [3.63, 3.8) is 0 Å². The van der Waals surface area contributed by atoms with E-state index in [1.807, 2.05) is 30.3 Å². The normalized spacial score (nSPS) is 21.4. The van der Waals surface area contributed by atoms with Crippen molar-refractivity contribution in [1.82, 2.24) is 0 Å². The maximum absolute atomic E-state index is 9.31. The Labute approximate surface area is 76.6 Å². The first kappa shape index (κ1) is 8.09. The number of anilines is 1. The van der Waals surface area contributed by atoms with Crippen LogP contribution in [0.3, 0.4) is 0 Å². The number of aliphatic hydroxyl groups is 1. The van der Waals surface area contributed by atoms with Gasteiger partial charge in [-0.05, 0) is 18.1 Å². The van der Waals surface area contributed by atoms with Crippen LogP contribution in [0.1, 0.15) is 5.56 Å². The van der Waals surface area contributed by atoms with Crippen molar-refractivity contribution in [1.29, 1.82) is 5.26 Å². The van der Waals surface area contributed by atoms with Crippen LogP contribution in [0.5, 0.6) is 0 Å². The molecular formula is C10H10N2O. The smallest absolute Gasteiger partial charge is 0.160 e. The average molecular weight is 174 g/mol. The van der Waals surface area contributed by atoms with Crippen LogP contribution in [-0.4, -0.2) is 17.3 Å².